The highest BCUT2D eigenvalue weighted by Gasteiger charge is 2.02. The van der Waals surface area contributed by atoms with Gasteiger partial charge in [-0.1, -0.05) is 0 Å². The van der Waals surface area contributed by atoms with Crippen molar-refractivity contribution in [3.63, 3.8) is 0 Å². The molecule has 0 bridgehead atoms. The summed E-state index contributed by atoms with van der Waals surface area (Å²) in [5.74, 6) is -0.422. The lowest BCUT2D eigenvalue weighted by molar-refractivity contribution is 0.627. The van der Waals surface area contributed by atoms with Gasteiger partial charge in [0.15, 0.2) is 0 Å². The number of nitrogens with one attached hydrogen (secondary N) is 1. The molecule has 1 aromatic rings. The Morgan fingerprint density at radius 2 is 2.13 bits per heavy atom. The maximum Gasteiger partial charge on any atom is 0.124 e. The van der Waals surface area contributed by atoms with E-state index < -0.39 is 5.82 Å². The lowest BCUT2D eigenvalue weighted by Gasteiger charge is -2.06. The molecule has 0 unspecified atom stereocenters. The first-order valence-electron chi connectivity index (χ1n) is 4.58. The van der Waals surface area contributed by atoms with E-state index >= 15 is 0 Å². The molecule has 1 rings (SSSR count). The van der Waals surface area contributed by atoms with Crippen molar-refractivity contribution in [2.75, 3.05) is 11.9 Å². The third-order valence-corrected chi connectivity index (χ3v) is 1.88. The summed E-state index contributed by atoms with van der Waals surface area (Å²) < 4.78 is 12.8. The number of unbranched alkanes of at least 4 members (excludes halogenated alkanes) is 1. The molecule has 0 heterocycles. The van der Waals surface area contributed by atoms with Crippen molar-refractivity contribution in [1.29, 1.82) is 10.5 Å². The maximum atomic E-state index is 12.8. The fourth-order valence-corrected chi connectivity index (χ4v) is 1.15. The van der Waals surface area contributed by atoms with Crippen molar-refractivity contribution in [3.05, 3.63) is 29.6 Å². The van der Waals surface area contributed by atoms with Gasteiger partial charge in [-0.2, -0.15) is 10.5 Å². The van der Waals surface area contributed by atoms with Gasteiger partial charge in [0.2, 0.25) is 0 Å². The smallest absolute Gasteiger partial charge is 0.124 e. The SMILES string of the molecule is N#CCCCNc1ccc(F)cc1C#N. The Labute approximate surface area is 87.8 Å². The van der Waals surface area contributed by atoms with Crippen LogP contribution in [0.5, 0.6) is 0 Å². The van der Waals surface area contributed by atoms with E-state index in [0.29, 0.717) is 25.1 Å². The van der Waals surface area contributed by atoms with Gasteiger partial charge in [0.1, 0.15) is 11.9 Å². The molecule has 1 aromatic carbocycles. The van der Waals surface area contributed by atoms with Crippen molar-refractivity contribution in [3.8, 4) is 12.1 Å². The fourth-order valence-electron chi connectivity index (χ4n) is 1.15. The molecule has 0 amide bonds. The summed E-state index contributed by atoms with van der Waals surface area (Å²) in [5, 5.41) is 20.0. The summed E-state index contributed by atoms with van der Waals surface area (Å²) in [5.41, 5.74) is 0.892. The third kappa shape index (κ3) is 3.28. The summed E-state index contributed by atoms with van der Waals surface area (Å²) in [4.78, 5) is 0. The molecule has 15 heavy (non-hydrogen) atoms. The van der Waals surface area contributed by atoms with Gasteiger partial charge in [0, 0.05) is 13.0 Å². The van der Waals surface area contributed by atoms with Gasteiger partial charge in [-0.25, -0.2) is 4.39 Å². The number of nitriles is 2. The van der Waals surface area contributed by atoms with Gasteiger partial charge in [-0.15, -0.1) is 0 Å². The average Bonchev–Trinajstić information content (AvgIpc) is 2.26. The van der Waals surface area contributed by atoms with Crippen LogP contribution in [0.4, 0.5) is 10.1 Å². The third-order valence-electron chi connectivity index (χ3n) is 1.88. The molecular formula is C11H10FN3. The van der Waals surface area contributed by atoms with E-state index in [9.17, 15) is 4.39 Å². The lowest BCUT2D eigenvalue weighted by Crippen LogP contribution is -2.03. The van der Waals surface area contributed by atoms with Gasteiger partial charge < -0.3 is 5.32 Å². The number of halogens is 1. The predicted octanol–water partition coefficient (Wildman–Crippen LogP) is 2.41. The fraction of sp³-hybridized carbons (Fsp3) is 0.273. The molecule has 0 aliphatic carbocycles. The minimum absolute atomic E-state index is 0.284. The lowest BCUT2D eigenvalue weighted by atomic mass is 10.2. The molecule has 4 heteroatoms. The topological polar surface area (TPSA) is 59.6 Å². The summed E-state index contributed by atoms with van der Waals surface area (Å²) in [6.07, 6.45) is 1.18. The second-order valence-corrected chi connectivity index (χ2v) is 2.99. The van der Waals surface area contributed by atoms with Crippen LogP contribution in [0, 0.1) is 28.5 Å². The van der Waals surface area contributed by atoms with E-state index in [4.69, 9.17) is 10.5 Å². The zero-order chi connectivity index (χ0) is 11.1. The highest BCUT2D eigenvalue weighted by molar-refractivity contribution is 5.57. The Balaban J connectivity index is 2.62. The van der Waals surface area contributed by atoms with E-state index in [1.807, 2.05) is 12.1 Å². The largest absolute Gasteiger partial charge is 0.384 e. The Hall–Kier alpha value is -2.07. The van der Waals surface area contributed by atoms with Crippen LogP contribution in [0.25, 0.3) is 0 Å². The van der Waals surface area contributed by atoms with Gasteiger partial charge in [-0.05, 0) is 24.6 Å². The average molecular weight is 203 g/mol. The Morgan fingerprint density at radius 1 is 1.33 bits per heavy atom. The van der Waals surface area contributed by atoms with Crippen LogP contribution in [-0.2, 0) is 0 Å². The molecule has 1 N–H and O–H groups in total. The zero-order valence-electron chi connectivity index (χ0n) is 8.13. The van der Waals surface area contributed by atoms with E-state index in [2.05, 4.69) is 5.32 Å². The predicted molar refractivity (Wildman–Crippen MR) is 54.5 cm³/mol. The minimum atomic E-state index is -0.422. The van der Waals surface area contributed by atoms with E-state index in [1.165, 1.54) is 18.2 Å². The van der Waals surface area contributed by atoms with Crippen LogP contribution < -0.4 is 5.32 Å². The molecule has 0 fully saturated rings. The quantitative estimate of drug-likeness (QED) is 0.764. The first-order valence-corrected chi connectivity index (χ1v) is 4.58. The number of rotatable bonds is 4. The first kappa shape index (κ1) is 11.0. The Bertz CT molecular complexity index is 415. The molecular weight excluding hydrogens is 193 g/mol. The van der Waals surface area contributed by atoms with Crippen LogP contribution in [0.2, 0.25) is 0 Å². The second-order valence-electron chi connectivity index (χ2n) is 2.99. The molecule has 0 atom stereocenters. The van der Waals surface area contributed by atoms with Gasteiger partial charge >= 0.3 is 0 Å². The monoisotopic (exact) mass is 203 g/mol. The number of nitrogens with zero attached hydrogens (tertiary/aromatic N) is 2. The summed E-state index contributed by atoms with van der Waals surface area (Å²) in [6, 6.07) is 7.95. The van der Waals surface area contributed by atoms with Crippen LogP contribution in [0.3, 0.4) is 0 Å². The highest BCUT2D eigenvalue weighted by atomic mass is 19.1. The Kier molecular flexibility index (Phi) is 4.12. The minimum Gasteiger partial charge on any atom is -0.384 e. The number of benzene rings is 1. The van der Waals surface area contributed by atoms with Gasteiger partial charge in [0.05, 0.1) is 17.3 Å². The molecule has 3 nitrogen and oxygen atoms in total. The van der Waals surface area contributed by atoms with Crippen LogP contribution in [0.1, 0.15) is 18.4 Å². The van der Waals surface area contributed by atoms with E-state index in [1.54, 1.807) is 0 Å². The van der Waals surface area contributed by atoms with Crippen molar-refractivity contribution in [2.24, 2.45) is 0 Å². The van der Waals surface area contributed by atoms with E-state index in [-0.39, 0.29) is 5.56 Å². The van der Waals surface area contributed by atoms with Crippen LogP contribution in [0.15, 0.2) is 18.2 Å². The molecule has 0 aromatic heterocycles. The normalized spacial score (nSPS) is 9.00. The summed E-state index contributed by atoms with van der Waals surface area (Å²) in [6.45, 7) is 0.605. The van der Waals surface area contributed by atoms with Crippen LogP contribution >= 0.6 is 0 Å². The maximum absolute atomic E-state index is 12.8. The molecule has 0 aliphatic rings. The van der Waals surface area contributed by atoms with Crippen molar-refractivity contribution in [2.45, 2.75) is 12.8 Å². The standard InChI is InChI=1S/C11H10FN3/c12-10-3-4-11(9(7-10)8-14)15-6-2-1-5-13/h3-4,7,15H,1-2,6H2. The second kappa shape index (κ2) is 5.62. The first-order chi connectivity index (χ1) is 7.27. The van der Waals surface area contributed by atoms with Crippen molar-refractivity contribution in [1.82, 2.24) is 0 Å². The van der Waals surface area contributed by atoms with E-state index in [0.717, 1.165) is 0 Å². The molecule has 0 spiro atoms. The summed E-state index contributed by atoms with van der Waals surface area (Å²) in [7, 11) is 0. The van der Waals surface area contributed by atoms with Gasteiger partial charge in [0.25, 0.3) is 0 Å². The Morgan fingerprint density at radius 3 is 2.80 bits per heavy atom. The van der Waals surface area contributed by atoms with Crippen molar-refractivity contribution < 1.29 is 4.39 Å². The molecule has 76 valence electrons. The van der Waals surface area contributed by atoms with Gasteiger partial charge in [-0.3, -0.25) is 0 Å². The molecule has 0 aliphatic heterocycles. The molecule has 0 saturated heterocycles. The molecule has 0 radical (unpaired) electrons. The zero-order valence-corrected chi connectivity index (χ0v) is 8.13. The number of anilines is 1. The molecule has 0 saturated carbocycles. The van der Waals surface area contributed by atoms with Crippen LogP contribution in [-0.4, -0.2) is 6.54 Å². The highest BCUT2D eigenvalue weighted by Crippen LogP contribution is 2.15. The summed E-state index contributed by atoms with van der Waals surface area (Å²) >= 11 is 0. The number of hydrogen-bond acceptors (Lipinski definition) is 3. The van der Waals surface area contributed by atoms with Crippen molar-refractivity contribution >= 4 is 5.69 Å². The number of hydrogen-bond donors (Lipinski definition) is 1.